The maximum atomic E-state index is 13.4. The molecule has 1 aromatic carbocycles. The largest absolute Gasteiger partial charge is 0.343 e. The minimum atomic E-state index is -2.72. The second-order valence-electron chi connectivity index (χ2n) is 7.24. The lowest BCUT2D eigenvalue weighted by Crippen LogP contribution is -2.22. The van der Waals surface area contributed by atoms with E-state index >= 15 is 0 Å². The number of hydrogen-bond donors (Lipinski definition) is 0. The van der Waals surface area contributed by atoms with Crippen LogP contribution in [-0.2, 0) is 13.6 Å². The number of aromatic nitrogens is 5. The number of nitrogens with zero attached hydrogens (tertiary/aromatic N) is 6. The van der Waals surface area contributed by atoms with Crippen LogP contribution in [0.4, 0.5) is 8.78 Å². The third-order valence-corrected chi connectivity index (χ3v) is 5.52. The predicted octanol–water partition coefficient (Wildman–Crippen LogP) is 3.25. The molecule has 4 aromatic rings. The topological polar surface area (TPSA) is 81.4 Å². The van der Waals surface area contributed by atoms with Crippen LogP contribution >= 0.6 is 11.6 Å². The second kappa shape index (κ2) is 5.87. The molecule has 0 unspecified atom stereocenters. The third kappa shape index (κ3) is 2.71. The van der Waals surface area contributed by atoms with Gasteiger partial charge in [0.15, 0.2) is 0 Å². The summed E-state index contributed by atoms with van der Waals surface area (Å²) in [5, 5.41) is 18.7. The van der Waals surface area contributed by atoms with Gasteiger partial charge in [0, 0.05) is 43.7 Å². The minimum absolute atomic E-state index is 0.0301. The first kappa shape index (κ1) is 17.8. The molecule has 1 aliphatic rings. The van der Waals surface area contributed by atoms with Gasteiger partial charge >= 0.3 is 0 Å². The lowest BCUT2D eigenvalue weighted by molar-refractivity contribution is 0.0954. The summed E-state index contributed by atoms with van der Waals surface area (Å²) in [5.41, 5.74) is 1.20. The Bertz CT molecular complexity index is 1410. The van der Waals surface area contributed by atoms with Crippen LogP contribution in [0.3, 0.4) is 0 Å². The lowest BCUT2D eigenvalue weighted by atomic mass is 10.2. The highest BCUT2D eigenvalue weighted by molar-refractivity contribution is 6.34. The number of hydrogen-bond acceptors (Lipinski definition) is 4. The summed E-state index contributed by atoms with van der Waals surface area (Å²) >= 11 is 6.35. The van der Waals surface area contributed by atoms with Crippen LogP contribution in [0.25, 0.3) is 27.6 Å². The number of fused-ring (bicyclic) bond motifs is 2. The molecular formula is C19H13ClF2N6O. The molecule has 5 rings (SSSR count). The average Bonchev–Trinajstić information content (AvgIpc) is 3.00. The van der Waals surface area contributed by atoms with E-state index in [1.807, 2.05) is 6.07 Å². The van der Waals surface area contributed by atoms with E-state index in [9.17, 15) is 18.8 Å². The summed E-state index contributed by atoms with van der Waals surface area (Å²) < 4.78 is 30.9. The molecule has 1 fully saturated rings. The zero-order valence-corrected chi connectivity index (χ0v) is 15.9. The van der Waals surface area contributed by atoms with Crippen molar-refractivity contribution in [2.75, 3.05) is 0 Å². The Kier molecular flexibility index (Phi) is 3.61. The van der Waals surface area contributed by atoms with Gasteiger partial charge in [-0.05, 0) is 18.2 Å². The molecule has 3 aromatic heterocycles. The smallest absolute Gasteiger partial charge is 0.292 e. The van der Waals surface area contributed by atoms with E-state index in [0.717, 1.165) is 15.6 Å². The predicted molar refractivity (Wildman–Crippen MR) is 102 cm³/mol. The Morgan fingerprint density at radius 2 is 2.10 bits per heavy atom. The van der Waals surface area contributed by atoms with Crippen LogP contribution in [0, 0.1) is 17.2 Å². The molecule has 29 heavy (non-hydrogen) atoms. The molecule has 0 radical (unpaired) electrons. The van der Waals surface area contributed by atoms with Crippen LogP contribution in [0.15, 0.2) is 35.4 Å². The van der Waals surface area contributed by atoms with E-state index in [0.29, 0.717) is 5.69 Å². The Balaban J connectivity index is 1.70. The van der Waals surface area contributed by atoms with E-state index in [1.165, 1.54) is 10.8 Å². The molecule has 1 saturated carbocycles. The molecule has 3 heterocycles. The van der Waals surface area contributed by atoms with E-state index in [2.05, 4.69) is 10.2 Å². The van der Waals surface area contributed by atoms with E-state index in [4.69, 9.17) is 11.6 Å². The van der Waals surface area contributed by atoms with Crippen LogP contribution in [0.2, 0.25) is 5.02 Å². The van der Waals surface area contributed by atoms with Gasteiger partial charge < -0.3 is 4.57 Å². The van der Waals surface area contributed by atoms with Gasteiger partial charge in [-0.2, -0.15) is 20.1 Å². The van der Waals surface area contributed by atoms with Gasteiger partial charge in [0.1, 0.15) is 16.6 Å². The van der Waals surface area contributed by atoms with E-state index in [-0.39, 0.29) is 34.6 Å². The second-order valence-corrected chi connectivity index (χ2v) is 7.62. The molecule has 0 aliphatic heterocycles. The highest BCUT2D eigenvalue weighted by Crippen LogP contribution is 2.50. The summed E-state index contributed by atoms with van der Waals surface area (Å²) in [6, 6.07) is 7.18. The molecule has 146 valence electrons. The van der Waals surface area contributed by atoms with E-state index in [1.54, 1.807) is 36.1 Å². The number of nitriles is 1. The van der Waals surface area contributed by atoms with E-state index < -0.39 is 17.4 Å². The maximum absolute atomic E-state index is 13.4. The zero-order chi connectivity index (χ0) is 20.5. The van der Waals surface area contributed by atoms with Crippen LogP contribution < -0.4 is 5.56 Å². The van der Waals surface area contributed by atoms with Crippen molar-refractivity contribution in [2.45, 2.75) is 18.9 Å². The number of alkyl halides is 2. The standard InChI is InChI=1S/C19H13ClF2N6O/c1-26-7-10-4-13(2-3-14(10)24-26)28-18(29)15(20)17-16(25-28)11(6-23)8-27(17)9-12-5-19(12,21)22/h2-4,7-8,12H,5,9H2,1H3/t12-/m0/s1. The third-order valence-electron chi connectivity index (χ3n) is 5.18. The van der Waals surface area contributed by atoms with Gasteiger partial charge in [0.05, 0.1) is 22.3 Å². The van der Waals surface area contributed by atoms with Crippen molar-refractivity contribution in [3.05, 3.63) is 51.5 Å². The van der Waals surface area contributed by atoms with Gasteiger partial charge in [-0.1, -0.05) is 11.6 Å². The summed E-state index contributed by atoms with van der Waals surface area (Å²) in [4.78, 5) is 12.9. The summed E-state index contributed by atoms with van der Waals surface area (Å²) in [7, 11) is 1.79. The monoisotopic (exact) mass is 414 g/mol. The molecule has 1 atom stereocenters. The molecule has 0 saturated heterocycles. The van der Waals surface area contributed by atoms with Crippen molar-refractivity contribution in [3.63, 3.8) is 0 Å². The first-order valence-electron chi connectivity index (χ1n) is 8.82. The Hall–Kier alpha value is -3.25. The fourth-order valence-corrected chi connectivity index (χ4v) is 3.87. The fourth-order valence-electron chi connectivity index (χ4n) is 3.59. The van der Waals surface area contributed by atoms with Crippen LogP contribution in [0.1, 0.15) is 12.0 Å². The van der Waals surface area contributed by atoms with Crippen LogP contribution in [0.5, 0.6) is 0 Å². The number of benzene rings is 1. The highest BCUT2D eigenvalue weighted by Gasteiger charge is 2.56. The molecule has 0 amide bonds. The molecular weight excluding hydrogens is 402 g/mol. The zero-order valence-electron chi connectivity index (χ0n) is 15.1. The summed E-state index contributed by atoms with van der Waals surface area (Å²) in [6.45, 7) is -0.0301. The Morgan fingerprint density at radius 1 is 1.34 bits per heavy atom. The van der Waals surface area contributed by atoms with Crippen molar-refractivity contribution in [2.24, 2.45) is 13.0 Å². The molecule has 10 heteroatoms. The Morgan fingerprint density at radius 3 is 2.79 bits per heavy atom. The molecule has 0 spiro atoms. The normalized spacial score (nSPS) is 17.7. The molecule has 7 nitrogen and oxygen atoms in total. The number of halogens is 3. The van der Waals surface area contributed by atoms with Crippen molar-refractivity contribution in [3.8, 4) is 11.8 Å². The van der Waals surface area contributed by atoms with Crippen molar-refractivity contribution in [1.29, 1.82) is 5.26 Å². The Labute approximate surface area is 167 Å². The molecule has 0 bridgehead atoms. The van der Waals surface area contributed by atoms with Crippen LogP contribution in [-0.4, -0.2) is 30.1 Å². The van der Waals surface area contributed by atoms with Crippen molar-refractivity contribution < 1.29 is 8.78 Å². The highest BCUT2D eigenvalue weighted by atomic mass is 35.5. The first-order valence-corrected chi connectivity index (χ1v) is 9.19. The van der Waals surface area contributed by atoms with Crippen molar-refractivity contribution >= 4 is 33.5 Å². The first-order chi connectivity index (χ1) is 13.8. The minimum Gasteiger partial charge on any atom is -0.343 e. The number of aryl methyl sites for hydroxylation is 1. The quantitative estimate of drug-likeness (QED) is 0.515. The SMILES string of the molecule is Cn1cc2cc(-n3nc4c(C#N)cn(C[C@@H]5CC5(F)F)c4c(Cl)c3=O)ccc2n1. The average molecular weight is 415 g/mol. The summed E-state index contributed by atoms with van der Waals surface area (Å²) in [6.07, 6.45) is 3.00. The van der Waals surface area contributed by atoms with Crippen molar-refractivity contribution in [1.82, 2.24) is 24.1 Å². The maximum Gasteiger partial charge on any atom is 0.292 e. The van der Waals surface area contributed by atoms with Gasteiger partial charge in [0.25, 0.3) is 11.5 Å². The van der Waals surface area contributed by atoms with Gasteiger partial charge in [0.2, 0.25) is 0 Å². The number of rotatable bonds is 3. The fraction of sp³-hybridized carbons (Fsp3) is 0.263. The summed E-state index contributed by atoms with van der Waals surface area (Å²) in [5.74, 6) is -3.56. The molecule has 0 N–H and O–H groups in total. The lowest BCUT2D eigenvalue weighted by Gasteiger charge is -2.09. The molecule has 1 aliphatic carbocycles. The van der Waals surface area contributed by atoms with Gasteiger partial charge in [-0.15, -0.1) is 0 Å². The van der Waals surface area contributed by atoms with Gasteiger partial charge in [-0.3, -0.25) is 9.48 Å². The van der Waals surface area contributed by atoms with Gasteiger partial charge in [-0.25, -0.2) is 8.78 Å².